The summed E-state index contributed by atoms with van der Waals surface area (Å²) in [6, 6.07) is 5.64. The van der Waals surface area contributed by atoms with Gasteiger partial charge in [-0.3, -0.25) is 4.98 Å². The van der Waals surface area contributed by atoms with Gasteiger partial charge < -0.3 is 14.8 Å². The molecule has 0 aliphatic carbocycles. The molecule has 0 fully saturated rings. The van der Waals surface area contributed by atoms with Crippen molar-refractivity contribution < 1.29 is 9.47 Å². The van der Waals surface area contributed by atoms with E-state index in [-0.39, 0.29) is 0 Å². The van der Waals surface area contributed by atoms with Gasteiger partial charge in [0.2, 0.25) is 5.88 Å². The first kappa shape index (κ1) is 13.2. The summed E-state index contributed by atoms with van der Waals surface area (Å²) in [7, 11) is 3.18. The molecule has 2 rings (SSSR count). The quantitative estimate of drug-likeness (QED) is 0.851. The van der Waals surface area contributed by atoms with Gasteiger partial charge in [0, 0.05) is 32.1 Å². The van der Waals surface area contributed by atoms with Crippen molar-refractivity contribution in [1.82, 2.24) is 15.0 Å². The zero-order valence-corrected chi connectivity index (χ0v) is 11.0. The van der Waals surface area contributed by atoms with Crippen LogP contribution in [0.25, 0.3) is 0 Å². The molecule has 0 spiro atoms. The van der Waals surface area contributed by atoms with Crippen molar-refractivity contribution in [3.05, 3.63) is 42.0 Å². The van der Waals surface area contributed by atoms with Gasteiger partial charge in [0.15, 0.2) is 5.82 Å². The van der Waals surface area contributed by atoms with E-state index in [0.29, 0.717) is 30.7 Å². The summed E-state index contributed by atoms with van der Waals surface area (Å²) in [5.74, 6) is 1.79. The number of nitrogens with zero attached hydrogens (tertiary/aromatic N) is 3. The highest BCUT2D eigenvalue weighted by Gasteiger charge is 2.04. The Morgan fingerprint density at radius 2 is 2.16 bits per heavy atom. The average molecular weight is 260 g/mol. The third-order valence-electron chi connectivity index (χ3n) is 2.43. The molecule has 100 valence electrons. The molecule has 19 heavy (non-hydrogen) atoms. The van der Waals surface area contributed by atoms with Gasteiger partial charge in [0.05, 0.1) is 7.11 Å². The Kier molecular flexibility index (Phi) is 4.63. The van der Waals surface area contributed by atoms with Gasteiger partial charge in [-0.15, -0.1) is 0 Å². The van der Waals surface area contributed by atoms with Crippen LogP contribution in [0.3, 0.4) is 0 Å². The Morgan fingerprint density at radius 3 is 2.84 bits per heavy atom. The van der Waals surface area contributed by atoms with E-state index in [0.717, 1.165) is 5.56 Å². The molecule has 0 saturated heterocycles. The first-order valence-electron chi connectivity index (χ1n) is 5.85. The van der Waals surface area contributed by atoms with Gasteiger partial charge in [0.25, 0.3) is 0 Å². The number of rotatable bonds is 6. The van der Waals surface area contributed by atoms with E-state index in [1.807, 2.05) is 18.3 Å². The molecule has 0 bridgehead atoms. The summed E-state index contributed by atoms with van der Waals surface area (Å²) in [6.07, 6.45) is 3.55. The van der Waals surface area contributed by atoms with Crippen LogP contribution < -0.4 is 10.1 Å². The van der Waals surface area contributed by atoms with Gasteiger partial charge in [0.1, 0.15) is 12.4 Å². The Hall–Kier alpha value is -2.21. The van der Waals surface area contributed by atoms with Crippen molar-refractivity contribution in [3.8, 4) is 5.88 Å². The summed E-state index contributed by atoms with van der Waals surface area (Å²) in [5, 5.41) is 3.21. The van der Waals surface area contributed by atoms with Crippen molar-refractivity contribution in [2.45, 2.75) is 13.2 Å². The van der Waals surface area contributed by atoms with Crippen molar-refractivity contribution in [2.24, 2.45) is 0 Å². The first-order chi connectivity index (χ1) is 9.31. The maximum atomic E-state index is 5.13. The summed E-state index contributed by atoms with van der Waals surface area (Å²) in [4.78, 5) is 12.6. The number of hydrogen-bond acceptors (Lipinski definition) is 6. The zero-order chi connectivity index (χ0) is 13.5. The van der Waals surface area contributed by atoms with Crippen LogP contribution in [-0.2, 0) is 17.9 Å². The van der Waals surface area contributed by atoms with E-state index in [1.54, 1.807) is 26.5 Å². The molecule has 0 aromatic carbocycles. The van der Waals surface area contributed by atoms with Gasteiger partial charge >= 0.3 is 0 Å². The van der Waals surface area contributed by atoms with Gasteiger partial charge in [-0.1, -0.05) is 6.07 Å². The Morgan fingerprint density at radius 1 is 1.26 bits per heavy atom. The van der Waals surface area contributed by atoms with Crippen molar-refractivity contribution in [1.29, 1.82) is 0 Å². The minimum Gasteiger partial charge on any atom is -0.481 e. The second-order valence-electron chi connectivity index (χ2n) is 3.86. The largest absolute Gasteiger partial charge is 0.481 e. The van der Waals surface area contributed by atoms with Gasteiger partial charge in [-0.05, 0) is 11.6 Å². The number of methoxy groups -OCH3 is 2. The Balaban J connectivity index is 2.08. The lowest BCUT2D eigenvalue weighted by atomic mass is 10.3. The van der Waals surface area contributed by atoms with Crippen LogP contribution in [0.5, 0.6) is 5.88 Å². The Labute approximate surface area is 111 Å². The fraction of sp³-hybridized carbons (Fsp3) is 0.308. The molecule has 0 aliphatic heterocycles. The predicted octanol–water partition coefficient (Wildman–Crippen LogP) is 1.64. The smallest absolute Gasteiger partial charge is 0.218 e. The van der Waals surface area contributed by atoms with Crippen LogP contribution in [0.2, 0.25) is 0 Å². The van der Waals surface area contributed by atoms with Crippen molar-refractivity contribution in [3.63, 3.8) is 0 Å². The molecule has 0 atom stereocenters. The number of pyridine rings is 1. The van der Waals surface area contributed by atoms with E-state index in [1.165, 1.54) is 0 Å². The molecule has 0 radical (unpaired) electrons. The fourth-order valence-electron chi connectivity index (χ4n) is 1.56. The maximum absolute atomic E-state index is 5.13. The molecule has 1 N–H and O–H groups in total. The van der Waals surface area contributed by atoms with E-state index >= 15 is 0 Å². The van der Waals surface area contributed by atoms with E-state index < -0.39 is 0 Å². The van der Waals surface area contributed by atoms with Crippen molar-refractivity contribution >= 4 is 5.82 Å². The molecular weight excluding hydrogens is 244 g/mol. The fourth-order valence-corrected chi connectivity index (χ4v) is 1.56. The van der Waals surface area contributed by atoms with Crippen LogP contribution in [0, 0.1) is 0 Å². The summed E-state index contributed by atoms with van der Waals surface area (Å²) >= 11 is 0. The Bertz CT molecular complexity index is 519. The van der Waals surface area contributed by atoms with Crippen LogP contribution in [0.15, 0.2) is 30.6 Å². The van der Waals surface area contributed by atoms with Crippen LogP contribution >= 0.6 is 0 Å². The van der Waals surface area contributed by atoms with E-state index in [9.17, 15) is 0 Å². The number of aromatic nitrogens is 3. The summed E-state index contributed by atoms with van der Waals surface area (Å²) < 4.78 is 10.2. The average Bonchev–Trinajstić information content (AvgIpc) is 2.46. The highest BCUT2D eigenvalue weighted by Crippen LogP contribution is 2.14. The molecule has 0 saturated carbocycles. The highest BCUT2D eigenvalue weighted by molar-refractivity contribution is 5.39. The van der Waals surface area contributed by atoms with E-state index in [4.69, 9.17) is 9.47 Å². The highest BCUT2D eigenvalue weighted by atomic mass is 16.5. The molecule has 6 heteroatoms. The lowest BCUT2D eigenvalue weighted by Gasteiger charge is -2.09. The first-order valence-corrected chi connectivity index (χ1v) is 5.85. The van der Waals surface area contributed by atoms with Crippen LogP contribution in [-0.4, -0.2) is 29.2 Å². The third kappa shape index (κ3) is 3.89. The second-order valence-corrected chi connectivity index (χ2v) is 3.86. The molecule has 0 aliphatic rings. The normalized spacial score (nSPS) is 10.2. The second kappa shape index (κ2) is 6.65. The maximum Gasteiger partial charge on any atom is 0.218 e. The molecule has 0 unspecified atom stereocenters. The number of hydrogen-bond donors (Lipinski definition) is 1. The predicted molar refractivity (Wildman–Crippen MR) is 70.9 cm³/mol. The molecule has 2 aromatic heterocycles. The molecule has 0 amide bonds. The molecule has 2 aromatic rings. The lowest BCUT2D eigenvalue weighted by molar-refractivity contribution is 0.177. The number of nitrogens with one attached hydrogen (secondary N) is 1. The summed E-state index contributed by atoms with van der Waals surface area (Å²) in [5.41, 5.74) is 1.08. The standard InChI is InChI=1S/C13H16N4O2/c1-18-9-12-16-11(6-13(17-12)19-2)15-8-10-4-3-5-14-7-10/h3-7H,8-9H2,1-2H3,(H,15,16,17). The van der Waals surface area contributed by atoms with Gasteiger partial charge in [-0.25, -0.2) is 4.98 Å². The number of anilines is 1. The molecule has 6 nitrogen and oxygen atoms in total. The van der Waals surface area contributed by atoms with Crippen LogP contribution in [0.4, 0.5) is 5.82 Å². The summed E-state index contributed by atoms with van der Waals surface area (Å²) in [6.45, 7) is 0.985. The topological polar surface area (TPSA) is 69.2 Å². The molecular formula is C13H16N4O2. The monoisotopic (exact) mass is 260 g/mol. The number of ether oxygens (including phenoxy) is 2. The lowest BCUT2D eigenvalue weighted by Crippen LogP contribution is -2.06. The third-order valence-corrected chi connectivity index (χ3v) is 2.43. The van der Waals surface area contributed by atoms with E-state index in [2.05, 4.69) is 20.3 Å². The van der Waals surface area contributed by atoms with Gasteiger partial charge in [-0.2, -0.15) is 4.98 Å². The minimum atomic E-state index is 0.346. The molecule has 2 heterocycles. The SMILES string of the molecule is COCc1nc(NCc2cccnc2)cc(OC)n1. The van der Waals surface area contributed by atoms with Crippen LogP contribution in [0.1, 0.15) is 11.4 Å². The van der Waals surface area contributed by atoms with Crippen molar-refractivity contribution in [2.75, 3.05) is 19.5 Å². The zero-order valence-electron chi connectivity index (χ0n) is 11.0. The minimum absolute atomic E-state index is 0.346.